The third kappa shape index (κ3) is 52.2. The van der Waals surface area contributed by atoms with Crippen LogP contribution in [-0.4, -0.2) is 37.2 Å². The van der Waals surface area contributed by atoms with Gasteiger partial charge in [-0.2, -0.15) is 0 Å². The van der Waals surface area contributed by atoms with E-state index in [2.05, 4.69) is 69.4 Å². The summed E-state index contributed by atoms with van der Waals surface area (Å²) in [6.45, 7) is 6.58. The second-order valence-electron chi connectivity index (χ2n) is 18.8. The number of rotatable bonds is 51. The quantitative estimate of drug-likeness (QED) is 0.0262. The molecule has 378 valence electrons. The number of hydrogen-bond acceptors (Lipinski definition) is 6. The standard InChI is InChI=1S/C59H106O6/c1-4-7-10-13-16-18-20-22-23-24-25-26-27-28-29-30-31-32-33-34-35-37-38-40-43-46-49-52-58(61)64-55-56(54-63-57(60)51-48-45-42-15-12-9-6-3)65-59(62)53-50-47-44-41-39-36-21-19-17-14-11-8-5-2/h19-22,24-25,27-28,56H,4-18,23,26,29-55H2,1-3H3/b21-19-,22-20-,25-24-,28-27-. The van der Waals surface area contributed by atoms with Gasteiger partial charge in [-0.3, -0.25) is 14.4 Å². The molecular formula is C59H106O6. The van der Waals surface area contributed by atoms with E-state index < -0.39 is 6.10 Å². The fourth-order valence-corrected chi connectivity index (χ4v) is 8.03. The third-order valence-electron chi connectivity index (χ3n) is 12.3. The topological polar surface area (TPSA) is 78.9 Å². The zero-order valence-corrected chi connectivity index (χ0v) is 43.3. The fraction of sp³-hybridized carbons (Fsp3) is 0.814. The molecule has 6 heteroatoms. The second kappa shape index (κ2) is 54.0. The Bertz CT molecular complexity index is 1140. The number of ether oxygens (including phenoxy) is 3. The van der Waals surface area contributed by atoms with E-state index in [4.69, 9.17) is 14.2 Å². The highest BCUT2D eigenvalue weighted by atomic mass is 16.6. The number of esters is 3. The van der Waals surface area contributed by atoms with Crippen molar-refractivity contribution in [2.75, 3.05) is 13.2 Å². The van der Waals surface area contributed by atoms with Gasteiger partial charge in [0.1, 0.15) is 13.2 Å². The highest BCUT2D eigenvalue weighted by Gasteiger charge is 2.19. The van der Waals surface area contributed by atoms with Gasteiger partial charge in [-0.1, -0.05) is 236 Å². The van der Waals surface area contributed by atoms with Gasteiger partial charge in [0, 0.05) is 19.3 Å². The lowest BCUT2D eigenvalue weighted by molar-refractivity contribution is -0.167. The second-order valence-corrected chi connectivity index (χ2v) is 18.8. The lowest BCUT2D eigenvalue weighted by atomic mass is 10.0. The van der Waals surface area contributed by atoms with Crippen molar-refractivity contribution >= 4 is 17.9 Å². The normalized spacial score (nSPS) is 12.4. The number of allylic oxidation sites excluding steroid dienone is 8. The molecule has 65 heavy (non-hydrogen) atoms. The monoisotopic (exact) mass is 911 g/mol. The minimum atomic E-state index is -0.773. The first-order valence-corrected chi connectivity index (χ1v) is 28.1. The zero-order chi connectivity index (χ0) is 47.2. The van der Waals surface area contributed by atoms with Gasteiger partial charge in [0.2, 0.25) is 0 Å². The van der Waals surface area contributed by atoms with Crippen molar-refractivity contribution < 1.29 is 28.6 Å². The first-order valence-electron chi connectivity index (χ1n) is 28.1. The number of carbonyl (C=O) groups excluding carboxylic acids is 3. The molecule has 0 saturated heterocycles. The highest BCUT2D eigenvalue weighted by Crippen LogP contribution is 2.15. The van der Waals surface area contributed by atoms with Crippen LogP contribution in [-0.2, 0) is 28.6 Å². The smallest absolute Gasteiger partial charge is 0.306 e. The summed E-state index contributed by atoms with van der Waals surface area (Å²) >= 11 is 0. The van der Waals surface area contributed by atoms with Crippen molar-refractivity contribution in [1.29, 1.82) is 0 Å². The van der Waals surface area contributed by atoms with E-state index >= 15 is 0 Å². The van der Waals surface area contributed by atoms with Crippen LogP contribution >= 0.6 is 0 Å². The maximum atomic E-state index is 12.7. The van der Waals surface area contributed by atoms with Crippen molar-refractivity contribution in [3.63, 3.8) is 0 Å². The number of unbranched alkanes of at least 4 members (excludes halogenated alkanes) is 32. The molecule has 0 fully saturated rings. The molecule has 0 amide bonds. The molecule has 0 bridgehead atoms. The average molecular weight is 911 g/mol. The van der Waals surface area contributed by atoms with E-state index in [9.17, 15) is 14.4 Å². The van der Waals surface area contributed by atoms with E-state index in [0.717, 1.165) is 77.0 Å². The molecule has 1 unspecified atom stereocenters. The van der Waals surface area contributed by atoms with Gasteiger partial charge in [0.15, 0.2) is 6.10 Å². The summed E-state index contributed by atoms with van der Waals surface area (Å²) in [5.41, 5.74) is 0. The minimum Gasteiger partial charge on any atom is -0.462 e. The summed E-state index contributed by atoms with van der Waals surface area (Å²) in [6, 6.07) is 0. The van der Waals surface area contributed by atoms with Gasteiger partial charge in [-0.15, -0.1) is 0 Å². The summed E-state index contributed by atoms with van der Waals surface area (Å²) in [7, 11) is 0. The average Bonchev–Trinajstić information content (AvgIpc) is 3.30. The Morgan fingerprint density at radius 1 is 0.308 bits per heavy atom. The van der Waals surface area contributed by atoms with Gasteiger partial charge in [-0.05, 0) is 83.5 Å². The molecule has 1 atom stereocenters. The Balaban J connectivity index is 4.10. The highest BCUT2D eigenvalue weighted by molar-refractivity contribution is 5.71. The maximum absolute atomic E-state index is 12.7. The van der Waals surface area contributed by atoms with Crippen molar-refractivity contribution in [1.82, 2.24) is 0 Å². The Hall–Kier alpha value is -2.63. The molecule has 0 aliphatic heterocycles. The van der Waals surface area contributed by atoms with E-state index in [-0.39, 0.29) is 31.1 Å². The summed E-state index contributed by atoms with van der Waals surface area (Å²) < 4.78 is 16.7. The number of hydrogen-bond donors (Lipinski definition) is 0. The lowest BCUT2D eigenvalue weighted by Gasteiger charge is -2.18. The van der Waals surface area contributed by atoms with Crippen LogP contribution in [0.1, 0.15) is 290 Å². The molecule has 6 nitrogen and oxygen atoms in total. The van der Waals surface area contributed by atoms with Crippen LogP contribution in [0.25, 0.3) is 0 Å². The molecule has 0 N–H and O–H groups in total. The Kier molecular flexibility index (Phi) is 51.8. The molecule has 0 aliphatic carbocycles. The van der Waals surface area contributed by atoms with Crippen molar-refractivity contribution in [2.45, 2.75) is 297 Å². The molecule has 0 radical (unpaired) electrons. The van der Waals surface area contributed by atoms with Crippen molar-refractivity contribution in [2.24, 2.45) is 0 Å². The van der Waals surface area contributed by atoms with Crippen LogP contribution in [0, 0.1) is 0 Å². The van der Waals surface area contributed by atoms with Crippen LogP contribution in [0.2, 0.25) is 0 Å². The van der Waals surface area contributed by atoms with Gasteiger partial charge in [-0.25, -0.2) is 0 Å². The van der Waals surface area contributed by atoms with Gasteiger partial charge in [0.05, 0.1) is 0 Å². The van der Waals surface area contributed by atoms with Gasteiger partial charge in [0.25, 0.3) is 0 Å². The largest absolute Gasteiger partial charge is 0.462 e. The van der Waals surface area contributed by atoms with Crippen LogP contribution in [0.5, 0.6) is 0 Å². The van der Waals surface area contributed by atoms with Crippen LogP contribution in [0.4, 0.5) is 0 Å². The van der Waals surface area contributed by atoms with Crippen LogP contribution in [0.15, 0.2) is 48.6 Å². The zero-order valence-electron chi connectivity index (χ0n) is 43.3. The third-order valence-corrected chi connectivity index (χ3v) is 12.3. The van der Waals surface area contributed by atoms with E-state index in [1.807, 2.05) is 0 Å². The van der Waals surface area contributed by atoms with Gasteiger partial charge < -0.3 is 14.2 Å². The first-order chi connectivity index (χ1) is 32.0. The van der Waals surface area contributed by atoms with Gasteiger partial charge >= 0.3 is 17.9 Å². The Morgan fingerprint density at radius 3 is 0.892 bits per heavy atom. The maximum Gasteiger partial charge on any atom is 0.306 e. The molecule has 0 aromatic rings. The Morgan fingerprint density at radius 2 is 0.554 bits per heavy atom. The molecule has 0 heterocycles. The lowest BCUT2D eigenvalue weighted by Crippen LogP contribution is -2.30. The summed E-state index contributed by atoms with van der Waals surface area (Å²) in [5, 5.41) is 0. The minimum absolute atomic E-state index is 0.0750. The molecule has 0 aromatic carbocycles. The van der Waals surface area contributed by atoms with Crippen molar-refractivity contribution in [3.05, 3.63) is 48.6 Å². The predicted molar refractivity (Wildman–Crippen MR) is 279 cm³/mol. The summed E-state index contributed by atoms with van der Waals surface area (Å²) in [4.78, 5) is 37.8. The molecular weight excluding hydrogens is 805 g/mol. The molecule has 0 aromatic heterocycles. The van der Waals surface area contributed by atoms with Crippen molar-refractivity contribution in [3.8, 4) is 0 Å². The molecule has 0 aliphatic rings. The SMILES string of the molecule is CCCCCC/C=C\CCCCCCCC(=O)OC(COC(=O)CCCCCCCCC)COC(=O)CCCCCCCCCCCCCC/C=C\C/C=C\C/C=C\CCCCCCC. The fourth-order valence-electron chi connectivity index (χ4n) is 8.03. The van der Waals surface area contributed by atoms with E-state index in [0.29, 0.717) is 19.3 Å². The summed E-state index contributed by atoms with van der Waals surface area (Å²) in [5.74, 6) is -0.884. The molecule has 0 spiro atoms. The predicted octanol–water partition coefficient (Wildman–Crippen LogP) is 18.7. The molecule has 0 saturated carbocycles. The summed E-state index contributed by atoms with van der Waals surface area (Å²) in [6.07, 6.45) is 65.6. The molecule has 0 rings (SSSR count). The Labute approximate surface area is 403 Å². The van der Waals surface area contributed by atoms with Crippen LogP contribution in [0.3, 0.4) is 0 Å². The van der Waals surface area contributed by atoms with Crippen LogP contribution < -0.4 is 0 Å². The first kappa shape index (κ1) is 62.4. The van der Waals surface area contributed by atoms with E-state index in [1.54, 1.807) is 0 Å². The van der Waals surface area contributed by atoms with E-state index in [1.165, 1.54) is 173 Å². The number of carbonyl (C=O) groups is 3.